The molecule has 2 rings (SSSR count). The van der Waals surface area contributed by atoms with Gasteiger partial charge in [0.05, 0.1) is 6.54 Å². The van der Waals surface area contributed by atoms with Crippen molar-refractivity contribution in [3.8, 4) is 0 Å². The van der Waals surface area contributed by atoms with Crippen LogP contribution in [0.2, 0.25) is 5.02 Å². The predicted molar refractivity (Wildman–Crippen MR) is 92.7 cm³/mol. The Balaban J connectivity index is 2.04. The van der Waals surface area contributed by atoms with Crippen molar-refractivity contribution in [1.82, 2.24) is 9.80 Å². The van der Waals surface area contributed by atoms with Crippen LogP contribution < -0.4 is 4.90 Å². The molecule has 3 amide bonds. The third-order valence-corrected chi connectivity index (χ3v) is 4.12. The second-order valence-corrected chi connectivity index (χ2v) is 6.14. The van der Waals surface area contributed by atoms with Crippen molar-refractivity contribution in [3.63, 3.8) is 0 Å². The largest absolute Gasteiger partial charge is 0.333 e. The molecule has 0 bridgehead atoms. The highest BCUT2D eigenvalue weighted by molar-refractivity contribution is 6.31. The van der Waals surface area contributed by atoms with Gasteiger partial charge >= 0.3 is 0 Å². The molecular formula is C17H22ClN3O3. The number of carbonyl (C=O) groups excluding carboxylic acids is 3. The number of hydrogen-bond acceptors (Lipinski definition) is 3. The van der Waals surface area contributed by atoms with Gasteiger partial charge in [0, 0.05) is 23.7 Å². The first-order valence-electron chi connectivity index (χ1n) is 8.07. The van der Waals surface area contributed by atoms with E-state index < -0.39 is 0 Å². The summed E-state index contributed by atoms with van der Waals surface area (Å²) in [5.74, 6) is -0.431. The van der Waals surface area contributed by atoms with Crippen LogP contribution >= 0.6 is 11.6 Å². The molecule has 0 saturated carbocycles. The van der Waals surface area contributed by atoms with Crippen molar-refractivity contribution in [3.05, 3.63) is 29.3 Å². The highest BCUT2D eigenvalue weighted by Gasteiger charge is 2.32. The summed E-state index contributed by atoms with van der Waals surface area (Å²) >= 11 is 5.96. The Bertz CT molecular complexity index is 635. The second kappa shape index (κ2) is 8.15. The van der Waals surface area contributed by atoms with Gasteiger partial charge in [-0.25, -0.2) is 0 Å². The summed E-state index contributed by atoms with van der Waals surface area (Å²) in [5, 5.41) is 0.535. The normalized spacial score (nSPS) is 14.2. The average molecular weight is 352 g/mol. The molecule has 7 heteroatoms. The van der Waals surface area contributed by atoms with Crippen molar-refractivity contribution in [2.45, 2.75) is 26.7 Å². The molecule has 1 fully saturated rings. The minimum atomic E-state index is -0.219. The van der Waals surface area contributed by atoms with Crippen LogP contribution in [0.15, 0.2) is 24.3 Å². The molecule has 0 spiro atoms. The van der Waals surface area contributed by atoms with Crippen molar-refractivity contribution < 1.29 is 14.4 Å². The van der Waals surface area contributed by atoms with E-state index in [0.717, 1.165) is 6.42 Å². The zero-order chi connectivity index (χ0) is 17.7. The van der Waals surface area contributed by atoms with Crippen LogP contribution in [0.4, 0.5) is 5.69 Å². The zero-order valence-corrected chi connectivity index (χ0v) is 14.8. The van der Waals surface area contributed by atoms with Gasteiger partial charge in [-0.3, -0.25) is 19.3 Å². The quantitative estimate of drug-likeness (QED) is 0.788. The lowest BCUT2D eigenvalue weighted by molar-refractivity contribution is -0.140. The first-order valence-corrected chi connectivity index (χ1v) is 8.45. The fourth-order valence-electron chi connectivity index (χ4n) is 2.63. The van der Waals surface area contributed by atoms with E-state index in [1.54, 1.807) is 36.1 Å². The number of anilines is 1. The van der Waals surface area contributed by atoms with Crippen molar-refractivity contribution in [1.29, 1.82) is 0 Å². The molecule has 0 atom stereocenters. The SMILES string of the molecule is CCCN(CC(=O)N1CC(=O)N(c2cccc(Cl)c2)C1)C(=O)CC. The fourth-order valence-corrected chi connectivity index (χ4v) is 2.82. The Labute approximate surface area is 147 Å². The first-order chi connectivity index (χ1) is 11.5. The summed E-state index contributed by atoms with van der Waals surface area (Å²) in [6.45, 7) is 4.48. The number of carbonyl (C=O) groups is 3. The molecule has 1 aliphatic heterocycles. The van der Waals surface area contributed by atoms with Crippen LogP contribution in [0.3, 0.4) is 0 Å². The van der Waals surface area contributed by atoms with E-state index in [4.69, 9.17) is 11.6 Å². The molecule has 24 heavy (non-hydrogen) atoms. The number of nitrogens with zero attached hydrogens (tertiary/aromatic N) is 3. The minimum Gasteiger partial charge on any atom is -0.333 e. The zero-order valence-electron chi connectivity index (χ0n) is 14.0. The highest BCUT2D eigenvalue weighted by Crippen LogP contribution is 2.23. The molecule has 1 aromatic rings. The Morgan fingerprint density at radius 3 is 2.67 bits per heavy atom. The van der Waals surface area contributed by atoms with Gasteiger partial charge in [-0.15, -0.1) is 0 Å². The van der Waals surface area contributed by atoms with Gasteiger partial charge in [0.2, 0.25) is 17.7 Å². The van der Waals surface area contributed by atoms with Crippen LogP contribution in [0.25, 0.3) is 0 Å². The van der Waals surface area contributed by atoms with Gasteiger partial charge in [0.1, 0.15) is 13.2 Å². The molecule has 1 heterocycles. The lowest BCUT2D eigenvalue weighted by atomic mass is 10.3. The maximum atomic E-state index is 12.5. The molecular weight excluding hydrogens is 330 g/mol. The van der Waals surface area contributed by atoms with Crippen LogP contribution in [0, 0.1) is 0 Å². The van der Waals surface area contributed by atoms with Crippen LogP contribution in [0.1, 0.15) is 26.7 Å². The number of hydrogen-bond donors (Lipinski definition) is 0. The molecule has 0 unspecified atom stereocenters. The van der Waals surface area contributed by atoms with E-state index in [-0.39, 0.29) is 37.5 Å². The number of benzene rings is 1. The number of amides is 3. The smallest absolute Gasteiger partial charge is 0.248 e. The maximum absolute atomic E-state index is 12.5. The van der Waals surface area contributed by atoms with E-state index in [0.29, 0.717) is 23.7 Å². The van der Waals surface area contributed by atoms with E-state index in [9.17, 15) is 14.4 Å². The summed E-state index contributed by atoms with van der Waals surface area (Å²) in [7, 11) is 0. The Morgan fingerprint density at radius 2 is 2.04 bits per heavy atom. The Hall–Kier alpha value is -2.08. The molecule has 1 aliphatic rings. The standard InChI is InChI=1S/C17H22ClN3O3/c1-3-8-19(15(22)4-2)10-16(23)20-11-17(24)21(12-20)14-7-5-6-13(18)9-14/h5-7,9H,3-4,8,10-12H2,1-2H3. The molecule has 1 saturated heterocycles. The third-order valence-electron chi connectivity index (χ3n) is 3.89. The van der Waals surface area contributed by atoms with E-state index in [1.807, 2.05) is 6.92 Å². The molecule has 0 N–H and O–H groups in total. The van der Waals surface area contributed by atoms with Gasteiger partial charge in [0.25, 0.3) is 0 Å². The van der Waals surface area contributed by atoms with E-state index >= 15 is 0 Å². The Morgan fingerprint density at radius 1 is 1.29 bits per heavy atom. The van der Waals surface area contributed by atoms with Crippen molar-refractivity contribution in [2.24, 2.45) is 0 Å². The van der Waals surface area contributed by atoms with Gasteiger partial charge in [-0.05, 0) is 24.6 Å². The monoisotopic (exact) mass is 351 g/mol. The molecule has 1 aromatic carbocycles. The highest BCUT2D eigenvalue weighted by atomic mass is 35.5. The maximum Gasteiger partial charge on any atom is 0.248 e. The molecule has 0 aliphatic carbocycles. The Kier molecular flexibility index (Phi) is 6.20. The molecule has 6 nitrogen and oxygen atoms in total. The van der Waals surface area contributed by atoms with Crippen LogP contribution in [-0.4, -0.2) is 53.8 Å². The lowest BCUT2D eigenvalue weighted by Gasteiger charge is -2.24. The second-order valence-electron chi connectivity index (χ2n) is 5.70. The third kappa shape index (κ3) is 4.26. The summed E-state index contributed by atoms with van der Waals surface area (Å²) in [4.78, 5) is 41.1. The molecule has 130 valence electrons. The summed E-state index contributed by atoms with van der Waals surface area (Å²) < 4.78 is 0. The predicted octanol–water partition coefficient (Wildman–Crippen LogP) is 2.12. The molecule has 0 aromatic heterocycles. The fraction of sp³-hybridized carbons (Fsp3) is 0.471. The summed E-state index contributed by atoms with van der Waals surface area (Å²) in [6.07, 6.45) is 1.15. The topological polar surface area (TPSA) is 60.9 Å². The lowest BCUT2D eigenvalue weighted by Crippen LogP contribution is -2.42. The first kappa shape index (κ1) is 18.3. The van der Waals surface area contributed by atoms with E-state index in [2.05, 4.69) is 0 Å². The summed E-state index contributed by atoms with van der Waals surface area (Å²) in [5.41, 5.74) is 0.665. The van der Waals surface area contributed by atoms with E-state index in [1.165, 1.54) is 9.80 Å². The van der Waals surface area contributed by atoms with Crippen LogP contribution in [-0.2, 0) is 14.4 Å². The number of halogens is 1. The molecule has 0 radical (unpaired) electrons. The average Bonchev–Trinajstić information content (AvgIpc) is 2.95. The summed E-state index contributed by atoms with van der Waals surface area (Å²) in [6, 6.07) is 6.96. The van der Waals surface area contributed by atoms with Gasteiger partial charge in [-0.1, -0.05) is 31.5 Å². The minimum absolute atomic E-state index is 0.0111. The van der Waals surface area contributed by atoms with Gasteiger partial charge in [-0.2, -0.15) is 0 Å². The number of rotatable bonds is 6. The van der Waals surface area contributed by atoms with Gasteiger partial charge in [0.15, 0.2) is 0 Å². The van der Waals surface area contributed by atoms with Gasteiger partial charge < -0.3 is 9.80 Å². The van der Waals surface area contributed by atoms with Crippen molar-refractivity contribution >= 4 is 35.0 Å². The van der Waals surface area contributed by atoms with Crippen molar-refractivity contribution in [2.75, 3.05) is 31.2 Å². The van der Waals surface area contributed by atoms with Crippen LogP contribution in [0.5, 0.6) is 0 Å².